The minimum atomic E-state index is -0.278. The fraction of sp³-hybridized carbons (Fsp3) is 0.800. The molecule has 2 fully saturated rings. The predicted octanol–water partition coefficient (Wildman–Crippen LogP) is 2.43. The number of allylic oxidation sites excluding steroid dienone is 1. The second kappa shape index (κ2) is 5.53. The summed E-state index contributed by atoms with van der Waals surface area (Å²) >= 11 is 0. The Kier molecular flexibility index (Phi) is 4.31. The van der Waals surface area contributed by atoms with Gasteiger partial charge in [0.25, 0.3) is 0 Å². The molecule has 0 unspecified atom stereocenters. The molecule has 1 amide bonds. The molecule has 0 saturated carbocycles. The molecule has 20 heavy (non-hydrogen) atoms. The van der Waals surface area contributed by atoms with Gasteiger partial charge in [-0.25, -0.2) is 0 Å². The summed E-state index contributed by atoms with van der Waals surface area (Å²) in [5, 5.41) is 0. The number of hydrogen-bond acceptors (Lipinski definition) is 3. The number of carbonyl (C=O) groups excluding carboxylic acids is 1. The van der Waals surface area contributed by atoms with Crippen molar-refractivity contribution in [2.24, 2.45) is 5.92 Å². The maximum absolute atomic E-state index is 11.3. The molecule has 0 aromatic carbocycles. The first-order valence-corrected chi connectivity index (χ1v) is 7.51. The highest BCUT2D eigenvalue weighted by atomic mass is 16.7. The molecular formula is C15H26BNO3. The monoisotopic (exact) mass is 279 g/mol. The molecule has 0 radical (unpaired) electrons. The fourth-order valence-corrected chi connectivity index (χ4v) is 2.62. The van der Waals surface area contributed by atoms with E-state index in [0.29, 0.717) is 5.92 Å². The van der Waals surface area contributed by atoms with Crippen molar-refractivity contribution in [2.75, 3.05) is 13.1 Å². The Bertz CT molecular complexity index is 382. The largest absolute Gasteiger partial charge is 0.486 e. The average Bonchev–Trinajstić information content (AvgIpc) is 2.56. The van der Waals surface area contributed by atoms with Crippen molar-refractivity contribution in [3.8, 4) is 0 Å². The first kappa shape index (κ1) is 15.6. The van der Waals surface area contributed by atoms with E-state index in [4.69, 9.17) is 9.31 Å². The number of carbonyl (C=O) groups is 1. The molecule has 112 valence electrons. The zero-order valence-corrected chi connectivity index (χ0v) is 13.3. The molecule has 0 N–H and O–H groups in total. The van der Waals surface area contributed by atoms with Crippen LogP contribution in [0.4, 0.5) is 0 Å². The van der Waals surface area contributed by atoms with Gasteiger partial charge in [0.05, 0.1) is 11.2 Å². The summed E-state index contributed by atoms with van der Waals surface area (Å²) in [7, 11) is -0.258. The normalized spacial score (nSPS) is 26.4. The maximum Gasteiger partial charge on any atom is 0.486 e. The van der Waals surface area contributed by atoms with E-state index in [0.717, 1.165) is 25.9 Å². The van der Waals surface area contributed by atoms with Crippen LogP contribution in [0, 0.1) is 5.92 Å². The van der Waals surface area contributed by atoms with Crippen molar-refractivity contribution >= 4 is 13.0 Å². The van der Waals surface area contributed by atoms with Gasteiger partial charge in [-0.3, -0.25) is 4.79 Å². The van der Waals surface area contributed by atoms with Crippen molar-refractivity contribution < 1.29 is 14.1 Å². The van der Waals surface area contributed by atoms with E-state index in [2.05, 4.69) is 33.8 Å². The Labute approximate surface area is 122 Å². The molecule has 0 aromatic heterocycles. The number of rotatable bonds is 2. The Hall–Kier alpha value is -0.805. The third kappa shape index (κ3) is 3.26. The molecule has 0 bridgehead atoms. The van der Waals surface area contributed by atoms with Gasteiger partial charge in [-0.2, -0.15) is 0 Å². The number of nitrogens with zero attached hydrogens (tertiary/aromatic N) is 1. The summed E-state index contributed by atoms with van der Waals surface area (Å²) in [6.07, 6.45) is 4.24. The lowest BCUT2D eigenvalue weighted by Gasteiger charge is -2.32. The minimum absolute atomic E-state index is 0.179. The van der Waals surface area contributed by atoms with Gasteiger partial charge >= 0.3 is 7.12 Å². The van der Waals surface area contributed by atoms with Crippen molar-refractivity contribution in [3.63, 3.8) is 0 Å². The summed E-state index contributed by atoms with van der Waals surface area (Å²) in [6.45, 7) is 11.6. The summed E-state index contributed by atoms with van der Waals surface area (Å²) in [5.41, 5.74) is -0.556. The van der Waals surface area contributed by atoms with E-state index < -0.39 is 0 Å². The van der Waals surface area contributed by atoms with E-state index in [-0.39, 0.29) is 24.2 Å². The Balaban J connectivity index is 1.85. The zero-order chi connectivity index (χ0) is 15.0. The van der Waals surface area contributed by atoms with Crippen LogP contribution in [0.25, 0.3) is 0 Å². The lowest BCUT2D eigenvalue weighted by molar-refractivity contribution is -0.129. The molecule has 2 heterocycles. The lowest BCUT2D eigenvalue weighted by Crippen LogP contribution is -2.41. The average molecular weight is 279 g/mol. The van der Waals surface area contributed by atoms with Crippen LogP contribution in [0.5, 0.6) is 0 Å². The van der Waals surface area contributed by atoms with Gasteiger partial charge in [-0.1, -0.05) is 12.1 Å². The molecule has 2 aliphatic rings. The maximum atomic E-state index is 11.3. The summed E-state index contributed by atoms with van der Waals surface area (Å²) in [6, 6.07) is 0. The first-order chi connectivity index (χ1) is 9.21. The minimum Gasteiger partial charge on any atom is -0.400 e. The topological polar surface area (TPSA) is 38.8 Å². The number of hydrogen-bond donors (Lipinski definition) is 0. The lowest BCUT2D eigenvalue weighted by atomic mass is 9.85. The Morgan fingerprint density at radius 1 is 1.15 bits per heavy atom. The van der Waals surface area contributed by atoms with E-state index in [1.807, 2.05) is 10.9 Å². The first-order valence-electron chi connectivity index (χ1n) is 7.51. The molecule has 0 atom stereocenters. The fourth-order valence-electron chi connectivity index (χ4n) is 2.62. The highest BCUT2D eigenvalue weighted by Crippen LogP contribution is 2.37. The van der Waals surface area contributed by atoms with Crippen molar-refractivity contribution in [1.82, 2.24) is 4.90 Å². The third-order valence-electron chi connectivity index (χ3n) is 4.80. The SMILES string of the molecule is CC(=O)N1CCC(/C=C/B2OC(C)(C)C(C)(C)O2)CC1. The Morgan fingerprint density at radius 3 is 2.10 bits per heavy atom. The molecule has 2 rings (SSSR count). The molecule has 0 spiro atoms. The highest BCUT2D eigenvalue weighted by molar-refractivity contribution is 6.51. The van der Waals surface area contributed by atoms with Gasteiger partial charge in [0.1, 0.15) is 0 Å². The van der Waals surface area contributed by atoms with Crippen molar-refractivity contribution in [2.45, 2.75) is 58.7 Å². The van der Waals surface area contributed by atoms with Crippen molar-refractivity contribution in [3.05, 3.63) is 12.1 Å². The van der Waals surface area contributed by atoms with Crippen LogP contribution in [0.3, 0.4) is 0 Å². The van der Waals surface area contributed by atoms with Gasteiger partial charge in [0.15, 0.2) is 0 Å². The highest BCUT2D eigenvalue weighted by Gasteiger charge is 2.50. The van der Waals surface area contributed by atoms with Crippen LogP contribution in [0.2, 0.25) is 0 Å². The van der Waals surface area contributed by atoms with E-state index in [9.17, 15) is 4.79 Å². The second-order valence-electron chi connectivity index (χ2n) is 6.85. The summed E-state index contributed by atoms with van der Waals surface area (Å²) in [5.74, 6) is 2.73. The Morgan fingerprint density at radius 2 is 1.65 bits per heavy atom. The molecule has 5 heteroatoms. The third-order valence-corrected chi connectivity index (χ3v) is 4.80. The summed E-state index contributed by atoms with van der Waals surface area (Å²) in [4.78, 5) is 13.2. The standard InChI is InChI=1S/C15H26BNO3/c1-12(18)17-10-7-13(8-11-17)6-9-16-19-14(2,3)15(4,5)20-16/h6,9,13H,7-8,10-11H2,1-5H3/b9-6+. The van der Waals surface area contributed by atoms with Crippen LogP contribution < -0.4 is 0 Å². The molecule has 0 aliphatic carbocycles. The second-order valence-corrected chi connectivity index (χ2v) is 6.85. The molecular weight excluding hydrogens is 253 g/mol. The predicted molar refractivity (Wildman–Crippen MR) is 80.2 cm³/mol. The van der Waals surface area contributed by atoms with Gasteiger partial charge in [-0.15, -0.1) is 0 Å². The number of piperidine rings is 1. The number of likely N-dealkylation sites (tertiary alicyclic amines) is 1. The van der Waals surface area contributed by atoms with Gasteiger partial charge in [0, 0.05) is 20.0 Å². The van der Waals surface area contributed by atoms with Crippen LogP contribution in [-0.2, 0) is 14.1 Å². The zero-order valence-electron chi connectivity index (χ0n) is 13.3. The van der Waals surface area contributed by atoms with Gasteiger partial charge < -0.3 is 14.2 Å². The molecule has 0 aromatic rings. The molecule has 2 aliphatic heterocycles. The van der Waals surface area contributed by atoms with E-state index in [1.54, 1.807) is 6.92 Å². The molecule has 4 nitrogen and oxygen atoms in total. The molecule has 2 saturated heterocycles. The van der Waals surface area contributed by atoms with Crippen LogP contribution in [0.15, 0.2) is 12.1 Å². The van der Waals surface area contributed by atoms with Crippen molar-refractivity contribution in [1.29, 1.82) is 0 Å². The smallest absolute Gasteiger partial charge is 0.400 e. The number of amides is 1. The van der Waals surface area contributed by atoms with Crippen LogP contribution in [0.1, 0.15) is 47.5 Å². The van der Waals surface area contributed by atoms with E-state index >= 15 is 0 Å². The van der Waals surface area contributed by atoms with Gasteiger partial charge in [-0.05, 0) is 46.5 Å². The van der Waals surface area contributed by atoms with Crippen LogP contribution >= 0.6 is 0 Å². The quantitative estimate of drug-likeness (QED) is 0.729. The summed E-state index contributed by atoms with van der Waals surface area (Å²) < 4.78 is 11.9. The van der Waals surface area contributed by atoms with E-state index in [1.165, 1.54) is 0 Å². The van der Waals surface area contributed by atoms with Gasteiger partial charge in [0.2, 0.25) is 5.91 Å². The van der Waals surface area contributed by atoms with Crippen LogP contribution in [-0.4, -0.2) is 42.2 Å².